The Hall–Kier alpha value is -1.45. The van der Waals surface area contributed by atoms with Crippen LogP contribution in [0.2, 0.25) is 0 Å². The van der Waals surface area contributed by atoms with Crippen molar-refractivity contribution in [1.29, 1.82) is 0 Å². The molecule has 0 saturated heterocycles. The summed E-state index contributed by atoms with van der Waals surface area (Å²) in [4.78, 5) is 12.8. The molecule has 2 heterocycles. The lowest BCUT2D eigenvalue weighted by Crippen LogP contribution is -2.37. The van der Waals surface area contributed by atoms with Gasteiger partial charge >= 0.3 is 0 Å². The second kappa shape index (κ2) is 9.16. The van der Waals surface area contributed by atoms with E-state index in [1.807, 2.05) is 31.2 Å². The van der Waals surface area contributed by atoms with Gasteiger partial charge in [0, 0.05) is 19.6 Å². The number of sulfonamides is 1. The van der Waals surface area contributed by atoms with E-state index in [2.05, 4.69) is 5.32 Å². The average molecular weight is 430 g/mol. The Balaban J connectivity index is 0.00000261. The highest BCUT2D eigenvalue weighted by Gasteiger charge is 2.32. The van der Waals surface area contributed by atoms with Gasteiger partial charge in [0.05, 0.1) is 0 Å². The topological polar surface area (TPSA) is 92.5 Å². The molecular formula is C18H24ClN3O3S2. The van der Waals surface area contributed by atoms with Crippen molar-refractivity contribution in [3.05, 3.63) is 51.7 Å². The molecule has 1 unspecified atom stereocenters. The van der Waals surface area contributed by atoms with E-state index in [0.29, 0.717) is 32.6 Å². The van der Waals surface area contributed by atoms with E-state index >= 15 is 0 Å². The fourth-order valence-electron chi connectivity index (χ4n) is 2.91. The minimum Gasteiger partial charge on any atom is -0.351 e. The van der Waals surface area contributed by atoms with Crippen molar-refractivity contribution < 1.29 is 13.2 Å². The summed E-state index contributed by atoms with van der Waals surface area (Å²) < 4.78 is 27.7. The number of thiophene rings is 1. The summed E-state index contributed by atoms with van der Waals surface area (Å²) in [5, 5.41) is 4.42. The summed E-state index contributed by atoms with van der Waals surface area (Å²) >= 11 is 1.14. The predicted molar refractivity (Wildman–Crippen MR) is 110 cm³/mol. The molecule has 1 aliphatic rings. The van der Waals surface area contributed by atoms with E-state index < -0.39 is 10.0 Å². The summed E-state index contributed by atoms with van der Waals surface area (Å²) in [6, 6.07) is 9.37. The van der Waals surface area contributed by atoms with Crippen molar-refractivity contribution in [2.75, 3.05) is 19.6 Å². The molecule has 0 aliphatic carbocycles. The molecule has 3 N–H and O–H groups in total. The molecule has 1 atom stereocenters. The van der Waals surface area contributed by atoms with Crippen LogP contribution in [-0.2, 0) is 23.0 Å². The van der Waals surface area contributed by atoms with Gasteiger partial charge in [-0.25, -0.2) is 8.42 Å². The first-order valence-electron chi connectivity index (χ1n) is 8.56. The minimum atomic E-state index is -3.72. The Kier molecular flexibility index (Phi) is 7.41. The summed E-state index contributed by atoms with van der Waals surface area (Å²) in [6.45, 7) is 3.56. The molecule has 0 saturated carbocycles. The number of halogens is 1. The van der Waals surface area contributed by atoms with Crippen molar-refractivity contribution in [1.82, 2.24) is 9.62 Å². The van der Waals surface area contributed by atoms with E-state index in [4.69, 9.17) is 5.73 Å². The average Bonchev–Trinajstić information content (AvgIpc) is 3.16. The number of nitrogens with two attached hydrogens (primary N) is 1. The number of nitrogens with zero attached hydrogens (tertiary/aromatic N) is 1. The van der Waals surface area contributed by atoms with Crippen molar-refractivity contribution in [3.8, 4) is 0 Å². The van der Waals surface area contributed by atoms with Gasteiger partial charge in [0.1, 0.15) is 9.77 Å². The number of benzene rings is 1. The van der Waals surface area contributed by atoms with E-state index in [-0.39, 0.29) is 34.0 Å². The van der Waals surface area contributed by atoms with Gasteiger partial charge in [0.15, 0.2) is 0 Å². The van der Waals surface area contributed by atoms with Gasteiger partial charge in [0.2, 0.25) is 10.0 Å². The first-order valence-corrected chi connectivity index (χ1v) is 10.9. The van der Waals surface area contributed by atoms with E-state index in [1.54, 1.807) is 5.38 Å². The second-order valence-electron chi connectivity index (χ2n) is 6.52. The lowest BCUT2D eigenvalue weighted by atomic mass is 10.0. The molecule has 1 amide bonds. The minimum absolute atomic E-state index is 0. The molecule has 0 radical (unpaired) electrons. The van der Waals surface area contributed by atoms with E-state index in [1.165, 1.54) is 15.9 Å². The monoisotopic (exact) mass is 429 g/mol. The van der Waals surface area contributed by atoms with Crippen LogP contribution in [0.5, 0.6) is 0 Å². The third-order valence-corrected chi connectivity index (χ3v) is 7.49. The number of carbonyl (C=O) groups excluding carboxylic acids is 1. The van der Waals surface area contributed by atoms with Crippen molar-refractivity contribution in [2.24, 2.45) is 11.7 Å². The van der Waals surface area contributed by atoms with Crippen molar-refractivity contribution in [3.63, 3.8) is 0 Å². The maximum atomic E-state index is 13.1. The highest BCUT2D eigenvalue weighted by atomic mass is 35.5. The third kappa shape index (κ3) is 4.70. The lowest BCUT2D eigenvalue weighted by molar-refractivity contribution is 0.0949. The largest absolute Gasteiger partial charge is 0.351 e. The number of fused-ring (bicyclic) bond motifs is 1. The van der Waals surface area contributed by atoms with Crippen LogP contribution in [0.15, 0.2) is 40.6 Å². The van der Waals surface area contributed by atoms with Gasteiger partial charge in [0.25, 0.3) is 5.91 Å². The summed E-state index contributed by atoms with van der Waals surface area (Å²) in [5.41, 5.74) is 7.75. The molecule has 3 rings (SSSR count). The summed E-state index contributed by atoms with van der Waals surface area (Å²) in [7, 11) is -3.72. The normalized spacial score (nSPS) is 15.5. The Morgan fingerprint density at radius 3 is 2.70 bits per heavy atom. The maximum absolute atomic E-state index is 13.1. The molecular weight excluding hydrogens is 406 g/mol. The molecule has 2 aromatic rings. The van der Waals surface area contributed by atoms with Crippen molar-refractivity contribution >= 4 is 39.7 Å². The Morgan fingerprint density at radius 2 is 2.00 bits per heavy atom. The molecule has 1 aliphatic heterocycles. The highest BCUT2D eigenvalue weighted by molar-refractivity contribution is 7.89. The zero-order chi connectivity index (χ0) is 18.7. The number of hydrogen-bond donors (Lipinski definition) is 2. The Morgan fingerprint density at radius 1 is 1.30 bits per heavy atom. The first-order chi connectivity index (χ1) is 12.4. The summed E-state index contributed by atoms with van der Waals surface area (Å²) in [6.07, 6.45) is 0.676. The van der Waals surface area contributed by atoms with Crippen LogP contribution in [0, 0.1) is 5.92 Å². The van der Waals surface area contributed by atoms with Gasteiger partial charge < -0.3 is 11.1 Å². The molecule has 9 heteroatoms. The number of hydrogen-bond acceptors (Lipinski definition) is 5. The van der Waals surface area contributed by atoms with E-state index in [9.17, 15) is 13.2 Å². The fourth-order valence-corrected chi connectivity index (χ4v) is 5.65. The Bertz CT molecular complexity index is 899. The van der Waals surface area contributed by atoms with Crippen LogP contribution in [0.1, 0.15) is 27.7 Å². The number of nitrogens with one attached hydrogen (secondary N) is 1. The molecule has 0 fully saturated rings. The van der Waals surface area contributed by atoms with Crippen LogP contribution >= 0.6 is 23.7 Å². The number of rotatable bonds is 6. The van der Waals surface area contributed by atoms with Gasteiger partial charge in [-0.15, -0.1) is 23.7 Å². The van der Waals surface area contributed by atoms with Crippen LogP contribution in [0.3, 0.4) is 0 Å². The molecule has 0 spiro atoms. The highest BCUT2D eigenvalue weighted by Crippen LogP contribution is 2.29. The quantitative estimate of drug-likeness (QED) is 0.736. The number of amides is 1. The fraction of sp³-hybridized carbons (Fsp3) is 0.389. The van der Waals surface area contributed by atoms with E-state index in [0.717, 1.165) is 16.9 Å². The standard InChI is InChI=1S/C18H23N3O3S2.ClH/c1-13(10-19)11-20-18(22)17-16(7-9-25-17)26(23,24)21-8-6-14-4-2-3-5-15(14)12-21;/h2-5,7,9,13H,6,8,10-12,19H2,1H3,(H,20,22);1H. The van der Waals surface area contributed by atoms with Crippen LogP contribution in [0.4, 0.5) is 0 Å². The van der Waals surface area contributed by atoms with Crippen LogP contribution in [0.25, 0.3) is 0 Å². The zero-order valence-electron chi connectivity index (χ0n) is 15.1. The molecule has 1 aromatic carbocycles. The Labute approximate surface area is 170 Å². The molecule has 0 bridgehead atoms. The predicted octanol–water partition coefficient (Wildman–Crippen LogP) is 2.24. The second-order valence-corrected chi connectivity index (χ2v) is 9.34. The molecule has 6 nitrogen and oxygen atoms in total. The summed E-state index contributed by atoms with van der Waals surface area (Å²) in [5.74, 6) is -0.228. The van der Waals surface area contributed by atoms with Gasteiger partial charge in [-0.05, 0) is 41.5 Å². The lowest BCUT2D eigenvalue weighted by Gasteiger charge is -2.28. The number of carbonyl (C=O) groups is 1. The zero-order valence-corrected chi connectivity index (χ0v) is 17.5. The van der Waals surface area contributed by atoms with Crippen LogP contribution < -0.4 is 11.1 Å². The van der Waals surface area contributed by atoms with Gasteiger partial charge in [-0.3, -0.25) is 4.79 Å². The molecule has 27 heavy (non-hydrogen) atoms. The van der Waals surface area contributed by atoms with Crippen molar-refractivity contribution in [2.45, 2.75) is 24.8 Å². The third-order valence-electron chi connectivity index (χ3n) is 4.56. The smallest absolute Gasteiger partial charge is 0.262 e. The van der Waals surface area contributed by atoms with Crippen LogP contribution in [-0.4, -0.2) is 38.3 Å². The maximum Gasteiger partial charge on any atom is 0.262 e. The SMILES string of the molecule is CC(CN)CNC(=O)c1sccc1S(=O)(=O)N1CCc2ccccc2C1.Cl. The first kappa shape index (κ1) is 21.8. The van der Waals surface area contributed by atoms with Gasteiger partial charge in [-0.2, -0.15) is 4.31 Å². The van der Waals surface area contributed by atoms with Gasteiger partial charge in [-0.1, -0.05) is 31.2 Å². The molecule has 1 aromatic heterocycles. The molecule has 148 valence electrons.